The Hall–Kier alpha value is -3.36. The van der Waals surface area contributed by atoms with Crippen molar-refractivity contribution in [3.63, 3.8) is 0 Å². The van der Waals surface area contributed by atoms with E-state index in [9.17, 15) is 4.79 Å². The zero-order valence-electron chi connectivity index (χ0n) is 22.3. The maximum atomic E-state index is 13.6. The molecule has 2 aliphatic heterocycles. The Bertz CT molecular complexity index is 1460. The molecule has 3 heterocycles. The summed E-state index contributed by atoms with van der Waals surface area (Å²) in [5.74, 6) is 2.21. The first-order valence-electron chi connectivity index (χ1n) is 13.7. The number of piperazine rings is 1. The number of piperidine rings is 1. The third-order valence-corrected chi connectivity index (χ3v) is 8.43. The van der Waals surface area contributed by atoms with E-state index in [0.29, 0.717) is 12.5 Å². The van der Waals surface area contributed by atoms with E-state index < -0.39 is 0 Å². The first kappa shape index (κ1) is 25.9. The van der Waals surface area contributed by atoms with Gasteiger partial charge in [-0.1, -0.05) is 46.3 Å². The quantitative estimate of drug-likeness (QED) is 0.304. The van der Waals surface area contributed by atoms with E-state index in [2.05, 4.69) is 77.7 Å². The van der Waals surface area contributed by atoms with Crippen LogP contribution in [0.25, 0.3) is 16.7 Å². The van der Waals surface area contributed by atoms with Crippen LogP contribution in [0.2, 0.25) is 0 Å². The molecule has 0 aliphatic carbocycles. The second-order valence-electron chi connectivity index (χ2n) is 10.4. The van der Waals surface area contributed by atoms with E-state index in [4.69, 9.17) is 9.72 Å². The minimum Gasteiger partial charge on any atom is -0.495 e. The zero-order chi connectivity index (χ0) is 26.8. The number of rotatable bonds is 6. The third-order valence-electron chi connectivity index (χ3n) is 7.93. The fraction of sp³-hybridized carbons (Fsp3) is 0.355. The Kier molecular flexibility index (Phi) is 7.57. The van der Waals surface area contributed by atoms with Gasteiger partial charge in [0.1, 0.15) is 11.6 Å². The van der Waals surface area contributed by atoms with Gasteiger partial charge in [-0.2, -0.15) is 0 Å². The summed E-state index contributed by atoms with van der Waals surface area (Å²) in [7, 11) is 1.71. The number of nitrogens with zero attached hydrogens (tertiary/aromatic N) is 5. The van der Waals surface area contributed by atoms with Crippen LogP contribution in [0.5, 0.6) is 5.75 Å². The maximum absolute atomic E-state index is 13.6. The molecule has 8 heteroatoms. The number of carbonyl (C=O) groups is 1. The summed E-state index contributed by atoms with van der Waals surface area (Å²) >= 11 is 3.62. The number of aromatic nitrogens is 2. The average Bonchev–Trinajstić information content (AvgIpc) is 3.34. The van der Waals surface area contributed by atoms with E-state index >= 15 is 0 Å². The lowest BCUT2D eigenvalue weighted by atomic mass is 9.96. The summed E-state index contributed by atoms with van der Waals surface area (Å²) in [6.07, 6.45) is 1.97. The van der Waals surface area contributed by atoms with Crippen molar-refractivity contribution in [2.24, 2.45) is 5.92 Å². The second kappa shape index (κ2) is 11.4. The van der Waals surface area contributed by atoms with Crippen molar-refractivity contribution in [1.29, 1.82) is 0 Å². The summed E-state index contributed by atoms with van der Waals surface area (Å²) in [6.45, 7) is 5.59. The largest absolute Gasteiger partial charge is 0.495 e. The van der Waals surface area contributed by atoms with Crippen molar-refractivity contribution in [3.05, 3.63) is 83.1 Å². The number of halogens is 1. The minimum absolute atomic E-state index is 0.0280. The number of anilines is 1. The van der Waals surface area contributed by atoms with Gasteiger partial charge in [-0.05, 0) is 61.9 Å². The molecular weight excluding hydrogens is 554 g/mol. The van der Waals surface area contributed by atoms with Gasteiger partial charge in [-0.3, -0.25) is 14.3 Å². The van der Waals surface area contributed by atoms with Crippen LogP contribution in [-0.4, -0.2) is 71.6 Å². The molecule has 2 fully saturated rings. The van der Waals surface area contributed by atoms with Gasteiger partial charge in [0.15, 0.2) is 0 Å². The fourth-order valence-corrected chi connectivity index (χ4v) is 6.39. The number of methoxy groups -OCH3 is 1. The molecule has 0 saturated carbocycles. The van der Waals surface area contributed by atoms with Gasteiger partial charge in [0, 0.05) is 42.9 Å². The highest BCUT2D eigenvalue weighted by Crippen LogP contribution is 2.30. The number of benzene rings is 3. The Labute approximate surface area is 238 Å². The average molecular weight is 589 g/mol. The number of likely N-dealkylation sites (tertiary alicyclic amines) is 1. The molecule has 2 saturated heterocycles. The molecule has 0 bridgehead atoms. The normalized spacial score (nSPS) is 18.5. The molecule has 1 amide bonds. The van der Waals surface area contributed by atoms with E-state index in [0.717, 1.165) is 90.6 Å². The molecule has 1 atom stereocenters. The molecule has 2 aliphatic rings. The Morgan fingerprint density at radius 3 is 2.59 bits per heavy atom. The highest BCUT2D eigenvalue weighted by atomic mass is 79.9. The second-order valence-corrected chi connectivity index (χ2v) is 11.3. The van der Waals surface area contributed by atoms with Crippen molar-refractivity contribution in [3.8, 4) is 11.4 Å². The third kappa shape index (κ3) is 5.40. The van der Waals surface area contributed by atoms with Crippen molar-refractivity contribution < 1.29 is 9.53 Å². The molecule has 39 heavy (non-hydrogen) atoms. The highest BCUT2D eigenvalue weighted by molar-refractivity contribution is 9.10. The van der Waals surface area contributed by atoms with Crippen molar-refractivity contribution in [2.75, 3.05) is 51.3 Å². The van der Waals surface area contributed by atoms with Crippen LogP contribution in [0.15, 0.2) is 77.3 Å². The number of hydrogen-bond donors (Lipinski definition) is 0. The van der Waals surface area contributed by atoms with Crippen molar-refractivity contribution in [2.45, 2.75) is 19.4 Å². The van der Waals surface area contributed by atoms with Crippen LogP contribution < -0.4 is 9.64 Å². The first-order chi connectivity index (χ1) is 19.1. The predicted octanol–water partition coefficient (Wildman–Crippen LogP) is 5.36. The number of para-hydroxylation sites is 4. The summed E-state index contributed by atoms with van der Waals surface area (Å²) in [5.41, 5.74) is 4.28. The summed E-state index contributed by atoms with van der Waals surface area (Å²) < 4.78 is 8.85. The first-order valence-corrected chi connectivity index (χ1v) is 14.5. The molecule has 6 rings (SSSR count). The number of amides is 1. The lowest BCUT2D eigenvalue weighted by Gasteiger charge is -2.40. The van der Waals surface area contributed by atoms with Gasteiger partial charge in [-0.15, -0.1) is 0 Å². The topological polar surface area (TPSA) is 53.8 Å². The van der Waals surface area contributed by atoms with Gasteiger partial charge in [0.25, 0.3) is 0 Å². The molecule has 0 N–H and O–H groups in total. The number of carbonyl (C=O) groups excluding carboxylic acids is 1. The van der Waals surface area contributed by atoms with Crippen LogP contribution in [0.1, 0.15) is 18.7 Å². The Balaban J connectivity index is 1.14. The maximum Gasteiger partial charge on any atom is 0.227 e. The number of fused-ring (bicyclic) bond motifs is 1. The lowest BCUT2D eigenvalue weighted by Crippen LogP contribution is -2.52. The van der Waals surface area contributed by atoms with E-state index in [1.54, 1.807) is 7.11 Å². The van der Waals surface area contributed by atoms with E-state index in [1.807, 2.05) is 30.3 Å². The number of ether oxygens (including phenoxy) is 1. The SMILES string of the molecule is COc1ccccc1N1CCN(C(=O)[C@@H]2CCCN(Cc3nc4ccccc4n3-c3cccc(Br)c3)C2)CC1. The van der Waals surface area contributed by atoms with Gasteiger partial charge >= 0.3 is 0 Å². The number of imidazole rings is 1. The molecule has 0 radical (unpaired) electrons. The van der Waals surface area contributed by atoms with E-state index in [-0.39, 0.29) is 5.92 Å². The van der Waals surface area contributed by atoms with Crippen LogP contribution in [0.3, 0.4) is 0 Å². The molecule has 3 aromatic carbocycles. The lowest BCUT2D eigenvalue weighted by molar-refractivity contribution is -0.137. The highest BCUT2D eigenvalue weighted by Gasteiger charge is 2.32. The van der Waals surface area contributed by atoms with Crippen LogP contribution in [-0.2, 0) is 11.3 Å². The molecule has 0 unspecified atom stereocenters. The fourth-order valence-electron chi connectivity index (χ4n) is 6.00. The van der Waals surface area contributed by atoms with Crippen LogP contribution >= 0.6 is 15.9 Å². The van der Waals surface area contributed by atoms with E-state index in [1.165, 1.54) is 0 Å². The standard InChI is InChI=1S/C31H34BrN5O2/c1-39-29-14-5-4-13-28(29)35-16-18-36(19-17-35)31(38)23-8-7-15-34(21-23)22-30-33-26-11-2-3-12-27(26)37(30)25-10-6-9-24(32)20-25/h2-6,9-14,20,23H,7-8,15-19,21-22H2,1H3/t23-/m1/s1. The van der Waals surface area contributed by atoms with Gasteiger partial charge in [0.05, 0.1) is 36.3 Å². The summed E-state index contributed by atoms with van der Waals surface area (Å²) in [6, 6.07) is 24.8. The summed E-state index contributed by atoms with van der Waals surface area (Å²) in [4.78, 5) is 25.4. The van der Waals surface area contributed by atoms with Gasteiger partial charge < -0.3 is 14.5 Å². The molecular formula is C31H34BrN5O2. The monoisotopic (exact) mass is 587 g/mol. The van der Waals surface area contributed by atoms with Crippen molar-refractivity contribution in [1.82, 2.24) is 19.4 Å². The van der Waals surface area contributed by atoms with Gasteiger partial charge in [-0.25, -0.2) is 4.98 Å². The Morgan fingerprint density at radius 2 is 1.77 bits per heavy atom. The number of hydrogen-bond acceptors (Lipinski definition) is 5. The molecule has 7 nitrogen and oxygen atoms in total. The molecule has 1 aromatic heterocycles. The zero-order valence-corrected chi connectivity index (χ0v) is 23.9. The predicted molar refractivity (Wildman–Crippen MR) is 159 cm³/mol. The summed E-state index contributed by atoms with van der Waals surface area (Å²) in [5, 5.41) is 0. The van der Waals surface area contributed by atoms with Gasteiger partial charge in [0.2, 0.25) is 5.91 Å². The smallest absolute Gasteiger partial charge is 0.227 e. The van der Waals surface area contributed by atoms with Crippen LogP contribution in [0.4, 0.5) is 5.69 Å². The van der Waals surface area contributed by atoms with Crippen LogP contribution in [0, 0.1) is 5.92 Å². The Morgan fingerprint density at radius 1 is 0.974 bits per heavy atom. The minimum atomic E-state index is 0.0280. The molecule has 202 valence electrons. The molecule has 0 spiro atoms. The van der Waals surface area contributed by atoms with Crippen molar-refractivity contribution >= 4 is 38.6 Å². The molecule has 4 aromatic rings.